The number of aliphatic hydroxyl groups excluding tert-OH is 2. The summed E-state index contributed by atoms with van der Waals surface area (Å²) in [7, 11) is 0. The van der Waals surface area contributed by atoms with Crippen LogP contribution in [-0.2, 0) is 18.6 Å². The van der Waals surface area contributed by atoms with Gasteiger partial charge in [0.15, 0.2) is 0 Å². The molecule has 0 radical (unpaired) electrons. The van der Waals surface area contributed by atoms with Crippen molar-refractivity contribution in [2.24, 2.45) is 0 Å². The molecule has 0 aliphatic heterocycles. The molecule has 0 amide bonds. The molecular weight excluding hydrogens is 192 g/mol. The molecule has 0 saturated carbocycles. The van der Waals surface area contributed by atoms with E-state index < -0.39 is 0 Å². The second kappa shape index (κ2) is 4.21. The Morgan fingerprint density at radius 1 is 1.00 bits per heavy atom. The van der Waals surface area contributed by atoms with Gasteiger partial charge in [0, 0.05) is 5.56 Å². The Labute approximate surface area is 90.0 Å². The summed E-state index contributed by atoms with van der Waals surface area (Å²) in [5.41, 5.74) is 1.89. The Balaban J connectivity index is 3.42. The SMILES string of the molecule is CC(C)(C)c1ccc(O)c(CO)c1CO. The van der Waals surface area contributed by atoms with Gasteiger partial charge in [-0.3, -0.25) is 0 Å². The fourth-order valence-electron chi connectivity index (χ4n) is 1.74. The molecule has 3 heteroatoms. The van der Waals surface area contributed by atoms with Gasteiger partial charge in [0.1, 0.15) is 5.75 Å². The third-order valence-corrected chi connectivity index (χ3v) is 2.53. The van der Waals surface area contributed by atoms with Crippen LogP contribution in [0.5, 0.6) is 5.75 Å². The third kappa shape index (κ3) is 2.30. The van der Waals surface area contributed by atoms with E-state index in [2.05, 4.69) is 0 Å². The Bertz CT molecular complexity index is 351. The minimum absolute atomic E-state index is 0.0366. The molecule has 0 bridgehead atoms. The summed E-state index contributed by atoms with van der Waals surface area (Å²) in [5.74, 6) is 0.0366. The van der Waals surface area contributed by atoms with E-state index in [1.807, 2.05) is 20.8 Å². The fraction of sp³-hybridized carbons (Fsp3) is 0.500. The molecule has 0 spiro atoms. The van der Waals surface area contributed by atoms with E-state index >= 15 is 0 Å². The molecule has 15 heavy (non-hydrogen) atoms. The molecule has 1 aromatic rings. The average Bonchev–Trinajstić information content (AvgIpc) is 2.15. The molecule has 0 atom stereocenters. The van der Waals surface area contributed by atoms with Crippen molar-refractivity contribution in [3.05, 3.63) is 28.8 Å². The highest BCUT2D eigenvalue weighted by Crippen LogP contribution is 2.32. The molecule has 84 valence electrons. The molecule has 3 nitrogen and oxygen atoms in total. The van der Waals surface area contributed by atoms with Crippen molar-refractivity contribution in [1.82, 2.24) is 0 Å². The zero-order valence-electron chi connectivity index (χ0n) is 9.41. The smallest absolute Gasteiger partial charge is 0.121 e. The van der Waals surface area contributed by atoms with Crippen molar-refractivity contribution in [3.63, 3.8) is 0 Å². The van der Waals surface area contributed by atoms with Crippen LogP contribution in [0.1, 0.15) is 37.5 Å². The van der Waals surface area contributed by atoms with Crippen molar-refractivity contribution in [3.8, 4) is 5.75 Å². The molecule has 0 unspecified atom stereocenters. The zero-order chi connectivity index (χ0) is 11.6. The number of hydrogen-bond donors (Lipinski definition) is 3. The Kier molecular flexibility index (Phi) is 3.37. The molecule has 1 rings (SSSR count). The number of rotatable bonds is 2. The van der Waals surface area contributed by atoms with Crippen LogP contribution in [-0.4, -0.2) is 15.3 Å². The number of hydrogen-bond acceptors (Lipinski definition) is 3. The second-order valence-electron chi connectivity index (χ2n) is 4.66. The van der Waals surface area contributed by atoms with Crippen LogP contribution >= 0.6 is 0 Å². The highest BCUT2D eigenvalue weighted by atomic mass is 16.3. The summed E-state index contributed by atoms with van der Waals surface area (Å²) in [6.07, 6.45) is 0. The van der Waals surface area contributed by atoms with E-state index in [0.717, 1.165) is 5.56 Å². The lowest BCUT2D eigenvalue weighted by Gasteiger charge is -2.24. The minimum Gasteiger partial charge on any atom is -0.508 e. The van der Waals surface area contributed by atoms with Crippen molar-refractivity contribution in [2.45, 2.75) is 39.4 Å². The van der Waals surface area contributed by atoms with Crippen LogP contribution < -0.4 is 0 Å². The first-order valence-corrected chi connectivity index (χ1v) is 4.97. The summed E-state index contributed by atoms with van der Waals surface area (Å²) in [5, 5.41) is 28.0. The van der Waals surface area contributed by atoms with Crippen LogP contribution in [0.2, 0.25) is 0 Å². The monoisotopic (exact) mass is 210 g/mol. The first-order valence-electron chi connectivity index (χ1n) is 4.97. The van der Waals surface area contributed by atoms with Gasteiger partial charge in [-0.15, -0.1) is 0 Å². The molecule has 3 N–H and O–H groups in total. The average molecular weight is 210 g/mol. The van der Waals surface area contributed by atoms with Crippen LogP contribution in [0.3, 0.4) is 0 Å². The lowest BCUT2D eigenvalue weighted by Crippen LogP contribution is -2.16. The molecule has 1 aromatic carbocycles. The molecule has 0 saturated heterocycles. The predicted molar refractivity (Wildman–Crippen MR) is 58.7 cm³/mol. The summed E-state index contributed by atoms with van der Waals surface area (Å²) in [6.45, 7) is 5.65. The summed E-state index contributed by atoms with van der Waals surface area (Å²) in [6, 6.07) is 3.35. The molecule has 0 aliphatic carbocycles. The summed E-state index contributed by atoms with van der Waals surface area (Å²) < 4.78 is 0. The van der Waals surface area contributed by atoms with E-state index in [-0.39, 0.29) is 24.4 Å². The van der Waals surface area contributed by atoms with Gasteiger partial charge in [-0.25, -0.2) is 0 Å². The van der Waals surface area contributed by atoms with E-state index in [1.54, 1.807) is 12.1 Å². The van der Waals surface area contributed by atoms with Gasteiger partial charge < -0.3 is 15.3 Å². The Morgan fingerprint density at radius 3 is 1.93 bits per heavy atom. The minimum atomic E-state index is -0.258. The Hall–Kier alpha value is -1.06. The second-order valence-corrected chi connectivity index (χ2v) is 4.66. The van der Waals surface area contributed by atoms with Crippen molar-refractivity contribution in [2.75, 3.05) is 0 Å². The topological polar surface area (TPSA) is 60.7 Å². The van der Waals surface area contributed by atoms with Gasteiger partial charge in [-0.2, -0.15) is 0 Å². The van der Waals surface area contributed by atoms with Gasteiger partial charge in [-0.05, 0) is 22.6 Å². The zero-order valence-corrected chi connectivity index (χ0v) is 9.41. The fourth-order valence-corrected chi connectivity index (χ4v) is 1.74. The first kappa shape index (κ1) is 12.0. The number of benzene rings is 1. The highest BCUT2D eigenvalue weighted by molar-refractivity contribution is 5.46. The van der Waals surface area contributed by atoms with Crippen molar-refractivity contribution < 1.29 is 15.3 Å². The summed E-state index contributed by atoms with van der Waals surface area (Å²) in [4.78, 5) is 0. The normalized spacial score (nSPS) is 11.8. The molecular formula is C12H18O3. The van der Waals surface area contributed by atoms with E-state index in [4.69, 9.17) is 5.11 Å². The predicted octanol–water partition coefficient (Wildman–Crippen LogP) is 1.67. The standard InChI is InChI=1S/C12H18O3/c1-12(2,3)10-4-5-11(15)9(7-14)8(10)6-13/h4-5,13-15H,6-7H2,1-3H3. The third-order valence-electron chi connectivity index (χ3n) is 2.53. The van der Waals surface area contributed by atoms with Crippen LogP contribution in [0.15, 0.2) is 12.1 Å². The molecule has 0 aliphatic rings. The number of phenols is 1. The van der Waals surface area contributed by atoms with Gasteiger partial charge in [0.05, 0.1) is 13.2 Å². The van der Waals surface area contributed by atoms with Crippen LogP contribution in [0.4, 0.5) is 0 Å². The quantitative estimate of drug-likeness (QED) is 0.696. The van der Waals surface area contributed by atoms with E-state index in [9.17, 15) is 10.2 Å². The lowest BCUT2D eigenvalue weighted by atomic mass is 9.82. The van der Waals surface area contributed by atoms with Gasteiger partial charge in [0.2, 0.25) is 0 Å². The van der Waals surface area contributed by atoms with E-state index in [1.165, 1.54) is 0 Å². The van der Waals surface area contributed by atoms with Crippen molar-refractivity contribution >= 4 is 0 Å². The molecule has 0 heterocycles. The maximum absolute atomic E-state index is 9.54. The first-order chi connectivity index (χ1) is 6.91. The van der Waals surface area contributed by atoms with Gasteiger partial charge >= 0.3 is 0 Å². The lowest BCUT2D eigenvalue weighted by molar-refractivity contribution is 0.252. The van der Waals surface area contributed by atoms with Crippen LogP contribution in [0, 0.1) is 0 Å². The maximum Gasteiger partial charge on any atom is 0.121 e. The summed E-state index contributed by atoms with van der Waals surface area (Å²) >= 11 is 0. The van der Waals surface area contributed by atoms with Gasteiger partial charge in [-0.1, -0.05) is 26.8 Å². The number of aliphatic hydroxyl groups is 2. The maximum atomic E-state index is 9.54. The van der Waals surface area contributed by atoms with Crippen LogP contribution in [0.25, 0.3) is 0 Å². The van der Waals surface area contributed by atoms with Crippen molar-refractivity contribution in [1.29, 1.82) is 0 Å². The van der Waals surface area contributed by atoms with Gasteiger partial charge in [0.25, 0.3) is 0 Å². The molecule has 0 aromatic heterocycles. The van der Waals surface area contributed by atoms with E-state index in [0.29, 0.717) is 11.1 Å². The largest absolute Gasteiger partial charge is 0.508 e. The highest BCUT2D eigenvalue weighted by Gasteiger charge is 2.21. The molecule has 0 fully saturated rings. The number of aromatic hydroxyl groups is 1. The Morgan fingerprint density at radius 2 is 1.53 bits per heavy atom.